The number of benzene rings is 1. The van der Waals surface area contributed by atoms with Crippen molar-refractivity contribution in [2.45, 2.75) is 33.2 Å². The second-order valence-corrected chi connectivity index (χ2v) is 5.13. The Morgan fingerprint density at radius 3 is 2.83 bits per heavy atom. The Labute approximate surface area is 113 Å². The van der Waals surface area contributed by atoms with E-state index in [1.54, 1.807) is 0 Å². The average Bonchev–Trinajstić information content (AvgIpc) is 2.87. The van der Waals surface area contributed by atoms with Gasteiger partial charge in [0.25, 0.3) is 0 Å². The summed E-state index contributed by atoms with van der Waals surface area (Å²) in [4.78, 5) is 0. The molecule has 0 saturated carbocycles. The SMILES string of the molecule is CCNC(Cc1cc(C)ccc1C)c1cnsn1. The Morgan fingerprint density at radius 1 is 1.33 bits per heavy atom. The minimum absolute atomic E-state index is 0.259. The fourth-order valence-electron chi connectivity index (χ4n) is 2.09. The lowest BCUT2D eigenvalue weighted by Gasteiger charge is -2.17. The van der Waals surface area contributed by atoms with E-state index in [2.05, 4.69) is 53.0 Å². The van der Waals surface area contributed by atoms with E-state index in [4.69, 9.17) is 0 Å². The lowest BCUT2D eigenvalue weighted by molar-refractivity contribution is 0.539. The highest BCUT2D eigenvalue weighted by Crippen LogP contribution is 2.20. The van der Waals surface area contributed by atoms with E-state index in [9.17, 15) is 0 Å². The Kier molecular flexibility index (Phi) is 4.44. The molecule has 1 aromatic carbocycles. The smallest absolute Gasteiger partial charge is 0.0915 e. The molecule has 0 saturated heterocycles. The van der Waals surface area contributed by atoms with Crippen LogP contribution in [0.25, 0.3) is 0 Å². The van der Waals surface area contributed by atoms with Gasteiger partial charge in [0.05, 0.1) is 29.7 Å². The maximum Gasteiger partial charge on any atom is 0.0915 e. The van der Waals surface area contributed by atoms with E-state index in [0.29, 0.717) is 0 Å². The van der Waals surface area contributed by atoms with Crippen molar-refractivity contribution in [2.75, 3.05) is 6.54 Å². The fraction of sp³-hybridized carbons (Fsp3) is 0.429. The quantitative estimate of drug-likeness (QED) is 0.899. The molecule has 2 rings (SSSR count). The normalized spacial score (nSPS) is 12.6. The minimum atomic E-state index is 0.259. The van der Waals surface area contributed by atoms with Gasteiger partial charge in [-0.3, -0.25) is 0 Å². The first kappa shape index (κ1) is 13.2. The summed E-state index contributed by atoms with van der Waals surface area (Å²) >= 11 is 1.27. The monoisotopic (exact) mass is 261 g/mol. The van der Waals surface area contributed by atoms with Crippen molar-refractivity contribution in [3.63, 3.8) is 0 Å². The molecule has 1 N–H and O–H groups in total. The molecule has 3 nitrogen and oxygen atoms in total. The van der Waals surface area contributed by atoms with Crippen LogP contribution < -0.4 is 5.32 Å². The second-order valence-electron chi connectivity index (χ2n) is 4.58. The van der Waals surface area contributed by atoms with E-state index in [1.807, 2.05) is 6.20 Å². The van der Waals surface area contributed by atoms with E-state index in [0.717, 1.165) is 18.7 Å². The van der Waals surface area contributed by atoms with Crippen LogP contribution >= 0.6 is 11.7 Å². The molecule has 0 aliphatic carbocycles. The third kappa shape index (κ3) is 3.15. The van der Waals surface area contributed by atoms with Crippen LogP contribution in [-0.2, 0) is 6.42 Å². The molecule has 0 aliphatic heterocycles. The number of nitrogens with one attached hydrogen (secondary N) is 1. The highest BCUT2D eigenvalue weighted by Gasteiger charge is 2.15. The maximum atomic E-state index is 4.35. The van der Waals surface area contributed by atoms with Gasteiger partial charge in [-0.1, -0.05) is 30.7 Å². The zero-order valence-corrected chi connectivity index (χ0v) is 11.9. The molecule has 1 heterocycles. The molecule has 0 amide bonds. The molecule has 1 unspecified atom stereocenters. The maximum absolute atomic E-state index is 4.35. The zero-order chi connectivity index (χ0) is 13.0. The lowest BCUT2D eigenvalue weighted by Crippen LogP contribution is -2.23. The van der Waals surface area contributed by atoms with Crippen molar-refractivity contribution >= 4 is 11.7 Å². The molecule has 0 spiro atoms. The molecule has 0 aliphatic rings. The molecule has 18 heavy (non-hydrogen) atoms. The van der Waals surface area contributed by atoms with Gasteiger partial charge in [0, 0.05) is 0 Å². The van der Waals surface area contributed by atoms with Crippen molar-refractivity contribution in [1.82, 2.24) is 14.1 Å². The molecule has 4 heteroatoms. The first-order valence-corrected chi connectivity index (χ1v) is 7.00. The van der Waals surface area contributed by atoms with Gasteiger partial charge in [-0.15, -0.1) is 0 Å². The Bertz CT molecular complexity index is 494. The van der Waals surface area contributed by atoms with Gasteiger partial charge in [-0.05, 0) is 37.9 Å². The van der Waals surface area contributed by atoms with Crippen molar-refractivity contribution in [3.8, 4) is 0 Å². The van der Waals surface area contributed by atoms with E-state index >= 15 is 0 Å². The third-order valence-corrected chi connectivity index (χ3v) is 3.61. The molecule has 0 bridgehead atoms. The highest BCUT2D eigenvalue weighted by molar-refractivity contribution is 6.99. The van der Waals surface area contributed by atoms with Gasteiger partial charge in [-0.2, -0.15) is 8.75 Å². The van der Waals surface area contributed by atoms with Crippen LogP contribution in [0, 0.1) is 13.8 Å². The van der Waals surface area contributed by atoms with Crippen LogP contribution in [0.5, 0.6) is 0 Å². The van der Waals surface area contributed by atoms with Gasteiger partial charge in [-0.25, -0.2) is 0 Å². The van der Waals surface area contributed by atoms with Crippen LogP contribution in [0.4, 0.5) is 0 Å². The average molecular weight is 261 g/mol. The molecule has 2 aromatic rings. The highest BCUT2D eigenvalue weighted by atomic mass is 32.1. The zero-order valence-electron chi connectivity index (χ0n) is 11.1. The Hall–Kier alpha value is -1.26. The van der Waals surface area contributed by atoms with Crippen LogP contribution in [0.2, 0.25) is 0 Å². The first-order valence-electron chi connectivity index (χ1n) is 6.27. The Balaban J connectivity index is 2.21. The molecule has 1 aromatic heterocycles. The topological polar surface area (TPSA) is 37.8 Å². The number of hydrogen-bond acceptors (Lipinski definition) is 4. The van der Waals surface area contributed by atoms with Crippen LogP contribution in [0.3, 0.4) is 0 Å². The summed E-state index contributed by atoms with van der Waals surface area (Å²) in [5.74, 6) is 0. The Morgan fingerprint density at radius 2 is 2.17 bits per heavy atom. The van der Waals surface area contributed by atoms with Crippen molar-refractivity contribution in [3.05, 3.63) is 46.8 Å². The number of hydrogen-bond donors (Lipinski definition) is 1. The van der Waals surface area contributed by atoms with E-state index in [-0.39, 0.29) is 6.04 Å². The minimum Gasteiger partial charge on any atom is -0.309 e. The summed E-state index contributed by atoms with van der Waals surface area (Å²) in [5.41, 5.74) is 5.07. The predicted molar refractivity (Wildman–Crippen MR) is 75.9 cm³/mol. The summed E-state index contributed by atoms with van der Waals surface area (Å²) in [6.07, 6.45) is 2.83. The number of likely N-dealkylation sites (N-methyl/N-ethyl adjacent to an activating group) is 1. The number of aryl methyl sites for hydroxylation is 2. The van der Waals surface area contributed by atoms with Crippen molar-refractivity contribution in [1.29, 1.82) is 0 Å². The predicted octanol–water partition coefficient (Wildman–Crippen LogP) is 3.05. The summed E-state index contributed by atoms with van der Waals surface area (Å²) in [6.45, 7) is 7.36. The fourth-order valence-corrected chi connectivity index (χ4v) is 2.56. The molecule has 1 atom stereocenters. The second kappa shape index (κ2) is 6.07. The van der Waals surface area contributed by atoms with E-state index in [1.165, 1.54) is 28.4 Å². The van der Waals surface area contributed by atoms with Gasteiger partial charge in [0.1, 0.15) is 0 Å². The van der Waals surface area contributed by atoms with Crippen LogP contribution in [0.15, 0.2) is 24.4 Å². The molecular weight excluding hydrogens is 242 g/mol. The standard InChI is InChI=1S/C14H19N3S/c1-4-15-13(14-9-16-18-17-14)8-12-7-10(2)5-6-11(12)3/h5-7,9,13,15H,4,8H2,1-3H3. The molecule has 96 valence electrons. The molecule has 0 radical (unpaired) electrons. The summed E-state index contributed by atoms with van der Waals surface area (Å²) in [5, 5.41) is 3.48. The largest absolute Gasteiger partial charge is 0.309 e. The number of aromatic nitrogens is 2. The van der Waals surface area contributed by atoms with Gasteiger partial charge in [0.15, 0.2) is 0 Å². The number of rotatable bonds is 5. The molecule has 0 fully saturated rings. The third-order valence-electron chi connectivity index (χ3n) is 3.11. The van der Waals surface area contributed by atoms with E-state index < -0.39 is 0 Å². The first-order chi connectivity index (χ1) is 8.70. The van der Waals surface area contributed by atoms with Crippen LogP contribution in [0.1, 0.15) is 35.3 Å². The molecular formula is C14H19N3S. The van der Waals surface area contributed by atoms with Gasteiger partial charge < -0.3 is 5.32 Å². The van der Waals surface area contributed by atoms with Gasteiger partial charge in [0.2, 0.25) is 0 Å². The lowest BCUT2D eigenvalue weighted by atomic mass is 9.97. The number of nitrogens with zero attached hydrogens (tertiary/aromatic N) is 2. The summed E-state index contributed by atoms with van der Waals surface area (Å²) < 4.78 is 8.45. The van der Waals surface area contributed by atoms with Crippen molar-refractivity contribution in [2.24, 2.45) is 0 Å². The summed E-state index contributed by atoms with van der Waals surface area (Å²) in [6, 6.07) is 6.87. The summed E-state index contributed by atoms with van der Waals surface area (Å²) in [7, 11) is 0. The van der Waals surface area contributed by atoms with Crippen LogP contribution in [-0.4, -0.2) is 15.3 Å². The van der Waals surface area contributed by atoms with Gasteiger partial charge >= 0.3 is 0 Å². The van der Waals surface area contributed by atoms with Crippen molar-refractivity contribution < 1.29 is 0 Å².